The number of carbonyl (C=O) groups excluding carboxylic acids is 1. The summed E-state index contributed by atoms with van der Waals surface area (Å²) >= 11 is 0. The lowest BCUT2D eigenvalue weighted by molar-refractivity contribution is -0.128. The van der Waals surface area contributed by atoms with Gasteiger partial charge in [-0.3, -0.25) is 4.79 Å². The highest BCUT2D eigenvalue weighted by Crippen LogP contribution is 2.36. The zero-order chi connectivity index (χ0) is 29.9. The summed E-state index contributed by atoms with van der Waals surface area (Å²) in [6, 6.07) is 15.7. The molecule has 0 spiro atoms. The Balaban J connectivity index is 1.28. The van der Waals surface area contributed by atoms with Crippen molar-refractivity contribution < 1.29 is 13.9 Å². The molecule has 0 aliphatic carbocycles. The molecular formula is C32H33FN8O2. The maximum absolute atomic E-state index is 15.6. The molecule has 0 saturated carbocycles. The standard InChI is InChI=1S/C32H33FN8O2/c1-39-14-11-21(12-15-39)16-22(18-34)32(42)40-13-5-6-23(19-40)41-31-28(30(35)36-20-37-31)29(38-41)26-10-9-25(17-27(26)33)43-24-7-3-2-4-8-24/h2-4,7-10,16-17,20-21,23H,5-6,11-15,19H2,1H3,(H2,35,36,37)/b22-16+/t23-/m0/s1. The Labute approximate surface area is 249 Å². The Morgan fingerprint density at radius 3 is 2.63 bits per heavy atom. The van der Waals surface area contributed by atoms with Gasteiger partial charge in [0.1, 0.15) is 46.8 Å². The number of ether oxygens (including phenoxy) is 1. The van der Waals surface area contributed by atoms with Crippen LogP contribution in [0.3, 0.4) is 0 Å². The molecule has 2 aromatic carbocycles. The topological polar surface area (TPSA) is 126 Å². The van der Waals surface area contributed by atoms with Gasteiger partial charge in [0.05, 0.1) is 11.4 Å². The maximum Gasteiger partial charge on any atom is 0.264 e. The van der Waals surface area contributed by atoms with Crippen LogP contribution in [-0.4, -0.2) is 68.7 Å². The number of amides is 1. The van der Waals surface area contributed by atoms with Crippen molar-refractivity contribution in [3.8, 4) is 28.8 Å². The van der Waals surface area contributed by atoms with Crippen LogP contribution in [0.15, 0.2) is 66.5 Å². The first-order valence-electron chi connectivity index (χ1n) is 14.5. The molecule has 1 atom stereocenters. The monoisotopic (exact) mass is 580 g/mol. The van der Waals surface area contributed by atoms with Gasteiger partial charge >= 0.3 is 0 Å². The summed E-state index contributed by atoms with van der Waals surface area (Å²) in [7, 11) is 2.08. The number of nitrogens with zero attached hydrogens (tertiary/aromatic N) is 7. The number of halogens is 1. The lowest BCUT2D eigenvalue weighted by Gasteiger charge is -2.33. The number of nitriles is 1. The van der Waals surface area contributed by atoms with Crippen molar-refractivity contribution in [3.05, 3.63) is 72.3 Å². The molecule has 11 heteroatoms. The van der Waals surface area contributed by atoms with Gasteiger partial charge in [-0.25, -0.2) is 19.0 Å². The fraction of sp³-hybridized carbons (Fsp3) is 0.344. The number of hydrogen-bond donors (Lipinski definition) is 1. The molecule has 0 unspecified atom stereocenters. The second-order valence-corrected chi connectivity index (χ2v) is 11.2. The summed E-state index contributed by atoms with van der Waals surface area (Å²) in [5, 5.41) is 15.1. The molecule has 2 N–H and O–H groups in total. The van der Waals surface area contributed by atoms with E-state index in [1.165, 1.54) is 12.4 Å². The molecule has 2 aliphatic rings. The molecule has 0 bridgehead atoms. The molecule has 2 fully saturated rings. The van der Waals surface area contributed by atoms with Crippen LogP contribution in [0.4, 0.5) is 10.2 Å². The Morgan fingerprint density at radius 1 is 1.09 bits per heavy atom. The second kappa shape index (κ2) is 12.2. The van der Waals surface area contributed by atoms with Crippen molar-refractivity contribution in [2.24, 2.45) is 5.92 Å². The number of allylic oxidation sites excluding steroid dienone is 1. The predicted octanol–water partition coefficient (Wildman–Crippen LogP) is 4.96. The number of benzene rings is 2. The van der Waals surface area contributed by atoms with Crippen molar-refractivity contribution in [1.29, 1.82) is 5.26 Å². The van der Waals surface area contributed by atoms with E-state index in [1.807, 2.05) is 24.3 Å². The summed E-state index contributed by atoms with van der Waals surface area (Å²) in [5.74, 6) is 0.555. The van der Waals surface area contributed by atoms with Crippen molar-refractivity contribution in [1.82, 2.24) is 29.5 Å². The van der Waals surface area contributed by atoms with Crippen LogP contribution in [0.2, 0.25) is 0 Å². The highest BCUT2D eigenvalue weighted by molar-refractivity contribution is 5.99. The molecular weight excluding hydrogens is 547 g/mol. The van der Waals surface area contributed by atoms with Crippen LogP contribution in [0, 0.1) is 23.1 Å². The van der Waals surface area contributed by atoms with Crippen molar-refractivity contribution in [2.45, 2.75) is 31.7 Å². The van der Waals surface area contributed by atoms with Gasteiger partial charge in [0.2, 0.25) is 0 Å². The van der Waals surface area contributed by atoms with Crippen LogP contribution in [0.5, 0.6) is 11.5 Å². The third-order valence-electron chi connectivity index (χ3n) is 8.24. The molecule has 4 heterocycles. The molecule has 4 aromatic rings. The molecule has 2 aromatic heterocycles. The number of likely N-dealkylation sites (tertiary alicyclic amines) is 2. The molecule has 43 heavy (non-hydrogen) atoms. The molecule has 1 amide bonds. The quantitative estimate of drug-likeness (QED) is 0.251. The molecule has 2 saturated heterocycles. The Bertz CT molecular complexity index is 1710. The largest absolute Gasteiger partial charge is 0.457 e. The van der Waals surface area contributed by atoms with Crippen LogP contribution in [0.1, 0.15) is 31.7 Å². The summed E-state index contributed by atoms with van der Waals surface area (Å²) in [6.45, 7) is 2.78. The SMILES string of the molecule is CN1CCC(/C=C(\C#N)C(=O)N2CCC[C@H](n3nc(-c4ccc(Oc5ccccc5)cc4F)c4c(N)ncnc43)C2)CC1. The maximum atomic E-state index is 15.6. The van der Waals surface area contributed by atoms with Gasteiger partial charge in [0.25, 0.3) is 5.91 Å². The number of para-hydroxylation sites is 1. The number of rotatable bonds is 6. The Morgan fingerprint density at radius 2 is 1.88 bits per heavy atom. The highest BCUT2D eigenvalue weighted by Gasteiger charge is 2.31. The lowest BCUT2D eigenvalue weighted by atomic mass is 9.94. The van der Waals surface area contributed by atoms with E-state index >= 15 is 4.39 Å². The van der Waals surface area contributed by atoms with Gasteiger partial charge in [0, 0.05) is 24.7 Å². The minimum absolute atomic E-state index is 0.187. The van der Waals surface area contributed by atoms with Gasteiger partial charge in [-0.1, -0.05) is 24.3 Å². The fourth-order valence-corrected chi connectivity index (χ4v) is 5.91. The predicted molar refractivity (Wildman–Crippen MR) is 160 cm³/mol. The third-order valence-corrected chi connectivity index (χ3v) is 8.24. The van der Waals surface area contributed by atoms with Crippen LogP contribution in [-0.2, 0) is 4.79 Å². The number of anilines is 1. The van der Waals surface area contributed by atoms with Gasteiger partial charge in [-0.2, -0.15) is 10.4 Å². The smallest absolute Gasteiger partial charge is 0.264 e. The Kier molecular flexibility index (Phi) is 8.03. The zero-order valence-electron chi connectivity index (χ0n) is 24.0. The molecule has 2 aliphatic heterocycles. The van der Waals surface area contributed by atoms with E-state index in [2.05, 4.69) is 28.0 Å². The summed E-state index contributed by atoms with van der Waals surface area (Å²) < 4.78 is 23.1. The van der Waals surface area contributed by atoms with Crippen molar-refractivity contribution in [3.63, 3.8) is 0 Å². The summed E-state index contributed by atoms with van der Waals surface area (Å²) in [5.41, 5.74) is 7.50. The zero-order valence-corrected chi connectivity index (χ0v) is 24.0. The number of hydrogen-bond acceptors (Lipinski definition) is 8. The van der Waals surface area contributed by atoms with Gasteiger partial charge in [0.15, 0.2) is 5.65 Å². The van der Waals surface area contributed by atoms with Gasteiger partial charge in [-0.15, -0.1) is 0 Å². The molecule has 220 valence electrons. The molecule has 10 nitrogen and oxygen atoms in total. The number of nitrogens with two attached hydrogens (primary N) is 1. The average molecular weight is 581 g/mol. The Hall–Kier alpha value is -4.82. The van der Waals surface area contributed by atoms with Crippen LogP contribution < -0.4 is 10.5 Å². The number of piperidine rings is 2. The molecule has 0 radical (unpaired) electrons. The van der Waals surface area contributed by atoms with E-state index < -0.39 is 5.82 Å². The van der Waals surface area contributed by atoms with Crippen LogP contribution >= 0.6 is 0 Å². The van der Waals surface area contributed by atoms with E-state index in [9.17, 15) is 10.1 Å². The lowest BCUT2D eigenvalue weighted by Crippen LogP contribution is -2.41. The van der Waals surface area contributed by atoms with E-state index in [0.29, 0.717) is 41.3 Å². The van der Waals surface area contributed by atoms with E-state index in [1.54, 1.807) is 33.8 Å². The summed E-state index contributed by atoms with van der Waals surface area (Å²) in [4.78, 5) is 26.1. The fourth-order valence-electron chi connectivity index (χ4n) is 5.91. The molecule has 6 rings (SSSR count). The van der Waals surface area contributed by atoms with Gasteiger partial charge in [-0.05, 0) is 76.0 Å². The minimum atomic E-state index is -0.526. The average Bonchev–Trinajstić information content (AvgIpc) is 3.42. The van der Waals surface area contributed by atoms with Crippen molar-refractivity contribution in [2.75, 3.05) is 39.0 Å². The van der Waals surface area contributed by atoms with Crippen molar-refractivity contribution >= 4 is 22.8 Å². The van der Waals surface area contributed by atoms with Crippen LogP contribution in [0.25, 0.3) is 22.3 Å². The number of nitrogen functional groups attached to an aromatic ring is 1. The second-order valence-electron chi connectivity index (χ2n) is 11.2. The normalized spacial score (nSPS) is 18.5. The van der Waals surface area contributed by atoms with Gasteiger partial charge < -0.3 is 20.3 Å². The van der Waals surface area contributed by atoms with E-state index in [0.717, 1.165) is 38.8 Å². The number of aromatic nitrogens is 4. The number of carbonyl (C=O) groups is 1. The highest BCUT2D eigenvalue weighted by atomic mass is 19.1. The summed E-state index contributed by atoms with van der Waals surface area (Å²) in [6.07, 6.45) is 6.52. The first-order valence-corrected chi connectivity index (χ1v) is 14.5. The van der Waals surface area contributed by atoms with E-state index in [-0.39, 0.29) is 34.8 Å². The first-order chi connectivity index (χ1) is 20.9. The van der Waals surface area contributed by atoms with E-state index in [4.69, 9.17) is 15.6 Å². The first kappa shape index (κ1) is 28.3. The third kappa shape index (κ3) is 5.92. The number of fused-ring (bicyclic) bond motifs is 1. The minimum Gasteiger partial charge on any atom is -0.457 e.